The van der Waals surface area contributed by atoms with Crippen LogP contribution in [0.5, 0.6) is 0 Å². The van der Waals surface area contributed by atoms with Crippen molar-refractivity contribution in [1.29, 1.82) is 0 Å². The summed E-state index contributed by atoms with van der Waals surface area (Å²) in [6, 6.07) is 0. The van der Waals surface area contributed by atoms with Crippen molar-refractivity contribution in [3.05, 3.63) is 37.1 Å². The van der Waals surface area contributed by atoms with Crippen LogP contribution in [0.15, 0.2) is 37.1 Å². The molecule has 7 nitrogen and oxygen atoms in total. The highest BCUT2D eigenvalue weighted by Crippen LogP contribution is 2.17. The molecule has 1 atom stereocenters. The van der Waals surface area contributed by atoms with Gasteiger partial charge in [0.2, 0.25) is 0 Å². The zero-order chi connectivity index (χ0) is 18.3. The maximum absolute atomic E-state index is 12.1. The van der Waals surface area contributed by atoms with E-state index in [9.17, 15) is 14.4 Å². The Balaban J connectivity index is 2.65. The molecule has 0 aliphatic carbocycles. The lowest BCUT2D eigenvalue weighted by molar-refractivity contribution is -0.157. The van der Waals surface area contributed by atoms with Crippen LogP contribution in [0, 0.1) is 0 Å². The van der Waals surface area contributed by atoms with E-state index < -0.39 is 24.1 Å². The summed E-state index contributed by atoms with van der Waals surface area (Å²) in [5.41, 5.74) is 0.477. The van der Waals surface area contributed by atoms with Crippen LogP contribution in [0.2, 0.25) is 0 Å². The van der Waals surface area contributed by atoms with Gasteiger partial charge in [-0.25, -0.2) is 9.59 Å². The van der Waals surface area contributed by atoms with E-state index in [4.69, 9.17) is 14.2 Å². The number of carbonyl (C=O) groups excluding carboxylic acids is 3. The highest BCUT2D eigenvalue weighted by Gasteiger charge is 2.33. The summed E-state index contributed by atoms with van der Waals surface area (Å²) in [5.74, 6) is -1.40. The van der Waals surface area contributed by atoms with Gasteiger partial charge < -0.3 is 19.1 Å². The molecule has 7 heteroatoms. The van der Waals surface area contributed by atoms with Crippen molar-refractivity contribution in [3.8, 4) is 0 Å². The third-order valence-electron chi connectivity index (χ3n) is 3.27. The van der Waals surface area contributed by atoms with Gasteiger partial charge in [-0.05, 0) is 20.0 Å². The van der Waals surface area contributed by atoms with Crippen molar-refractivity contribution in [3.63, 3.8) is 0 Å². The van der Waals surface area contributed by atoms with Crippen LogP contribution in [0.4, 0.5) is 0 Å². The molecule has 0 saturated carbocycles. The molecule has 0 spiro atoms. The molecule has 0 N–H and O–H groups in total. The number of nitrogens with zero attached hydrogens (tertiary/aromatic N) is 1. The number of hydrogen-bond acceptors (Lipinski definition) is 6. The number of carbonyl (C=O) groups is 3. The fourth-order valence-corrected chi connectivity index (χ4v) is 1.93. The summed E-state index contributed by atoms with van der Waals surface area (Å²) < 4.78 is 15.7. The lowest BCUT2D eigenvalue weighted by Crippen LogP contribution is -2.36. The summed E-state index contributed by atoms with van der Waals surface area (Å²) in [6.45, 7) is 13.7. The van der Waals surface area contributed by atoms with Gasteiger partial charge in [-0.2, -0.15) is 0 Å². The minimum absolute atomic E-state index is 0.160. The van der Waals surface area contributed by atoms with Crippen LogP contribution in [0.3, 0.4) is 0 Å². The molecule has 24 heavy (non-hydrogen) atoms. The maximum Gasteiger partial charge on any atom is 0.333 e. The molecule has 132 valence electrons. The van der Waals surface area contributed by atoms with Crippen LogP contribution >= 0.6 is 0 Å². The summed E-state index contributed by atoms with van der Waals surface area (Å²) in [7, 11) is 0. The molecule has 1 aliphatic rings. The number of hydrogen-bond donors (Lipinski definition) is 0. The van der Waals surface area contributed by atoms with Crippen LogP contribution < -0.4 is 0 Å². The van der Waals surface area contributed by atoms with Crippen molar-refractivity contribution >= 4 is 17.8 Å². The van der Waals surface area contributed by atoms with E-state index in [2.05, 4.69) is 19.7 Å². The Bertz CT molecular complexity index is 523. The second-order valence-electron chi connectivity index (χ2n) is 5.51. The topological polar surface area (TPSA) is 82.1 Å². The Morgan fingerprint density at radius 3 is 2.08 bits per heavy atom. The van der Waals surface area contributed by atoms with Crippen LogP contribution in [-0.4, -0.2) is 54.7 Å². The van der Waals surface area contributed by atoms with Gasteiger partial charge in [-0.15, -0.1) is 0 Å². The Kier molecular flexibility index (Phi) is 7.38. The second kappa shape index (κ2) is 9.02. The summed E-state index contributed by atoms with van der Waals surface area (Å²) in [4.78, 5) is 36.5. The average Bonchev–Trinajstić information content (AvgIpc) is 2.88. The third kappa shape index (κ3) is 5.66. The normalized spacial score (nSPS) is 16.9. The van der Waals surface area contributed by atoms with Gasteiger partial charge in [-0.3, -0.25) is 4.79 Å². The van der Waals surface area contributed by atoms with E-state index >= 15 is 0 Å². The van der Waals surface area contributed by atoms with E-state index in [-0.39, 0.29) is 30.3 Å². The molecule has 1 aliphatic heterocycles. The first-order valence-corrected chi connectivity index (χ1v) is 7.50. The van der Waals surface area contributed by atoms with Crippen molar-refractivity contribution in [2.24, 2.45) is 0 Å². The Labute approximate surface area is 141 Å². The van der Waals surface area contributed by atoms with Gasteiger partial charge in [0.05, 0.1) is 0 Å². The minimum Gasteiger partial charge on any atom is -0.459 e. The predicted octanol–water partition coefficient (Wildman–Crippen LogP) is 1.35. The van der Waals surface area contributed by atoms with E-state index in [0.29, 0.717) is 13.0 Å². The number of rotatable bonds is 9. The first-order chi connectivity index (χ1) is 11.3. The van der Waals surface area contributed by atoms with Gasteiger partial charge in [-0.1, -0.05) is 19.7 Å². The maximum atomic E-state index is 12.1. The number of amides is 1. The zero-order valence-electron chi connectivity index (χ0n) is 14.1. The fourth-order valence-electron chi connectivity index (χ4n) is 1.93. The third-order valence-corrected chi connectivity index (χ3v) is 3.27. The van der Waals surface area contributed by atoms with Crippen molar-refractivity contribution in [2.75, 3.05) is 19.8 Å². The molecule has 0 radical (unpaired) electrons. The van der Waals surface area contributed by atoms with E-state index in [1.54, 1.807) is 0 Å². The molecular formula is C17H23NO6. The average molecular weight is 337 g/mol. The van der Waals surface area contributed by atoms with Gasteiger partial charge in [0.25, 0.3) is 5.91 Å². The highest BCUT2D eigenvalue weighted by atomic mass is 16.6. The van der Waals surface area contributed by atoms with Gasteiger partial charge in [0.1, 0.15) is 25.4 Å². The van der Waals surface area contributed by atoms with Crippen LogP contribution in [-0.2, 0) is 28.6 Å². The van der Waals surface area contributed by atoms with Gasteiger partial charge in [0.15, 0.2) is 0 Å². The summed E-state index contributed by atoms with van der Waals surface area (Å²) in [6.07, 6.45) is 0.447. The molecule has 1 amide bonds. The quantitative estimate of drug-likeness (QED) is 0.467. The fraction of sp³-hybridized carbons (Fsp3) is 0.471. The number of likely N-dealkylation sites (tertiary alicyclic amines) is 1. The minimum atomic E-state index is -0.768. The molecule has 1 unspecified atom stereocenters. The van der Waals surface area contributed by atoms with E-state index in [0.717, 1.165) is 0 Å². The molecule has 1 heterocycles. The monoisotopic (exact) mass is 337 g/mol. The predicted molar refractivity (Wildman–Crippen MR) is 86.7 cm³/mol. The lowest BCUT2D eigenvalue weighted by atomic mass is 10.3. The Hall–Kier alpha value is -2.41. The zero-order valence-corrected chi connectivity index (χ0v) is 14.1. The van der Waals surface area contributed by atoms with E-state index in [1.807, 2.05) is 0 Å². The van der Waals surface area contributed by atoms with Crippen molar-refractivity contribution in [1.82, 2.24) is 4.90 Å². The number of esters is 2. The summed E-state index contributed by atoms with van der Waals surface area (Å²) in [5, 5.41) is 0. The van der Waals surface area contributed by atoms with Crippen molar-refractivity contribution in [2.45, 2.75) is 32.5 Å². The standard InChI is InChI=1S/C17H23NO6/c1-6-18-8-7-14(15(18)19)24-13(9-22-16(20)11(2)3)10-23-17(21)12(4)5/h6,13-14H,1-2,4,7-10H2,3,5H3. The Morgan fingerprint density at radius 2 is 1.71 bits per heavy atom. The summed E-state index contributed by atoms with van der Waals surface area (Å²) >= 11 is 0. The first-order valence-electron chi connectivity index (χ1n) is 7.50. The van der Waals surface area contributed by atoms with Crippen LogP contribution in [0.1, 0.15) is 20.3 Å². The number of ether oxygens (including phenoxy) is 3. The Morgan fingerprint density at radius 1 is 1.21 bits per heavy atom. The second-order valence-corrected chi connectivity index (χ2v) is 5.51. The van der Waals surface area contributed by atoms with Gasteiger partial charge in [0, 0.05) is 24.1 Å². The first kappa shape index (κ1) is 19.6. The molecule has 0 aromatic carbocycles. The van der Waals surface area contributed by atoms with Gasteiger partial charge >= 0.3 is 11.9 Å². The lowest BCUT2D eigenvalue weighted by Gasteiger charge is -2.21. The molecular weight excluding hydrogens is 314 g/mol. The largest absolute Gasteiger partial charge is 0.459 e. The van der Waals surface area contributed by atoms with Crippen LogP contribution in [0.25, 0.3) is 0 Å². The van der Waals surface area contributed by atoms with E-state index in [1.165, 1.54) is 24.9 Å². The molecule has 0 bridgehead atoms. The molecule has 0 aromatic heterocycles. The molecule has 1 rings (SSSR count). The molecule has 1 fully saturated rings. The SMILES string of the molecule is C=CN1CCC(OC(COC(=O)C(=C)C)COC(=O)C(=C)C)C1=O. The molecule has 1 saturated heterocycles. The highest BCUT2D eigenvalue weighted by molar-refractivity contribution is 5.87. The smallest absolute Gasteiger partial charge is 0.333 e. The van der Waals surface area contributed by atoms with Crippen molar-refractivity contribution < 1.29 is 28.6 Å². The molecule has 0 aromatic rings.